The third-order valence-corrected chi connectivity index (χ3v) is 3.94. The molecule has 0 aromatic rings. The van der Waals surface area contributed by atoms with E-state index >= 15 is 0 Å². The molecule has 0 aromatic heterocycles. The summed E-state index contributed by atoms with van der Waals surface area (Å²) in [7, 11) is 0. The van der Waals surface area contributed by atoms with Gasteiger partial charge in [0.25, 0.3) is 0 Å². The van der Waals surface area contributed by atoms with Crippen molar-refractivity contribution in [1.82, 2.24) is 0 Å². The summed E-state index contributed by atoms with van der Waals surface area (Å²) < 4.78 is 0. The van der Waals surface area contributed by atoms with Crippen LogP contribution < -0.4 is 0 Å². The summed E-state index contributed by atoms with van der Waals surface area (Å²) in [6.07, 6.45) is 11.6. The van der Waals surface area contributed by atoms with Crippen molar-refractivity contribution in [3.8, 4) is 0 Å². The predicted octanol–water partition coefficient (Wildman–Crippen LogP) is 5.31. The highest BCUT2D eigenvalue weighted by Gasteiger charge is 2.33. The maximum absolute atomic E-state index is 10.9. The first-order valence-corrected chi connectivity index (χ1v) is 7.86. The molecule has 0 atom stereocenters. The van der Waals surface area contributed by atoms with Gasteiger partial charge in [-0.2, -0.15) is 0 Å². The molecule has 0 aromatic carbocycles. The third kappa shape index (κ3) is 6.45. The van der Waals surface area contributed by atoms with Crippen LogP contribution in [0, 0.1) is 5.92 Å². The molecule has 0 aliphatic carbocycles. The second kappa shape index (κ2) is 9.94. The molecule has 0 heterocycles. The fraction of sp³-hybridized carbons (Fsp3) is 1.00. The van der Waals surface area contributed by atoms with Crippen LogP contribution in [0.4, 0.5) is 0 Å². The first-order chi connectivity index (χ1) is 8.14. The van der Waals surface area contributed by atoms with Crippen LogP contribution in [-0.2, 0) is 0 Å². The van der Waals surface area contributed by atoms with Gasteiger partial charge in [0.05, 0.1) is 5.60 Å². The standard InChI is InChI=1S/C16H34O/c1-5-9-11-15(12-10-6-2)16(17,13-7-3)14-8-4/h15,17H,5-14H2,1-4H3. The van der Waals surface area contributed by atoms with Crippen LogP contribution in [0.2, 0.25) is 0 Å². The molecule has 104 valence electrons. The topological polar surface area (TPSA) is 20.2 Å². The molecular formula is C16H34O. The first kappa shape index (κ1) is 17.0. The van der Waals surface area contributed by atoms with Gasteiger partial charge in [-0.3, -0.25) is 0 Å². The van der Waals surface area contributed by atoms with E-state index in [1.165, 1.54) is 38.5 Å². The Balaban J connectivity index is 4.53. The molecule has 0 saturated heterocycles. The van der Waals surface area contributed by atoms with Crippen molar-refractivity contribution in [3.05, 3.63) is 0 Å². The van der Waals surface area contributed by atoms with Crippen molar-refractivity contribution < 1.29 is 5.11 Å². The SMILES string of the molecule is CCCCC(CCCC)C(O)(CCC)CCC. The fourth-order valence-corrected chi connectivity index (χ4v) is 2.98. The van der Waals surface area contributed by atoms with Gasteiger partial charge >= 0.3 is 0 Å². The van der Waals surface area contributed by atoms with Crippen molar-refractivity contribution in [3.63, 3.8) is 0 Å². The monoisotopic (exact) mass is 242 g/mol. The second-order valence-electron chi connectivity index (χ2n) is 5.58. The maximum atomic E-state index is 10.9. The summed E-state index contributed by atoms with van der Waals surface area (Å²) in [5, 5.41) is 10.9. The summed E-state index contributed by atoms with van der Waals surface area (Å²) in [4.78, 5) is 0. The number of rotatable bonds is 11. The van der Waals surface area contributed by atoms with Crippen molar-refractivity contribution >= 4 is 0 Å². The van der Waals surface area contributed by atoms with E-state index in [4.69, 9.17) is 0 Å². The number of hydrogen-bond donors (Lipinski definition) is 1. The van der Waals surface area contributed by atoms with Crippen molar-refractivity contribution in [2.75, 3.05) is 0 Å². The Kier molecular flexibility index (Phi) is 9.91. The number of aliphatic hydroxyl groups is 1. The van der Waals surface area contributed by atoms with E-state index in [0.29, 0.717) is 5.92 Å². The number of unbranched alkanes of at least 4 members (excludes halogenated alkanes) is 2. The summed E-state index contributed by atoms with van der Waals surface area (Å²) in [5.74, 6) is 0.530. The van der Waals surface area contributed by atoms with Gasteiger partial charge in [0.1, 0.15) is 0 Å². The van der Waals surface area contributed by atoms with Gasteiger partial charge in [-0.25, -0.2) is 0 Å². The second-order valence-corrected chi connectivity index (χ2v) is 5.58. The van der Waals surface area contributed by atoms with Crippen LogP contribution in [0.15, 0.2) is 0 Å². The summed E-state index contributed by atoms with van der Waals surface area (Å²) in [6.45, 7) is 8.87. The Morgan fingerprint density at radius 3 is 1.47 bits per heavy atom. The highest BCUT2D eigenvalue weighted by molar-refractivity contribution is 4.85. The maximum Gasteiger partial charge on any atom is 0.0675 e. The molecule has 1 N–H and O–H groups in total. The lowest BCUT2D eigenvalue weighted by Gasteiger charge is -2.36. The zero-order valence-electron chi connectivity index (χ0n) is 12.6. The molecule has 0 saturated carbocycles. The summed E-state index contributed by atoms with van der Waals surface area (Å²) in [5.41, 5.74) is -0.381. The quantitative estimate of drug-likeness (QED) is 0.520. The number of hydrogen-bond acceptors (Lipinski definition) is 1. The molecule has 0 aliphatic heterocycles. The molecule has 0 fully saturated rings. The average Bonchev–Trinajstić information content (AvgIpc) is 2.29. The molecule has 0 bridgehead atoms. The Morgan fingerprint density at radius 1 is 0.765 bits per heavy atom. The lowest BCUT2D eigenvalue weighted by molar-refractivity contribution is -0.0427. The lowest BCUT2D eigenvalue weighted by Crippen LogP contribution is -2.38. The van der Waals surface area contributed by atoms with E-state index in [0.717, 1.165) is 25.7 Å². The third-order valence-electron chi connectivity index (χ3n) is 3.94. The van der Waals surface area contributed by atoms with E-state index in [-0.39, 0.29) is 5.60 Å². The Bertz CT molecular complexity index is 151. The van der Waals surface area contributed by atoms with Gasteiger partial charge in [0.15, 0.2) is 0 Å². The van der Waals surface area contributed by atoms with Crippen molar-refractivity contribution in [2.45, 2.75) is 97.5 Å². The Labute approximate surface area is 109 Å². The van der Waals surface area contributed by atoms with Gasteiger partial charge in [0, 0.05) is 0 Å². The van der Waals surface area contributed by atoms with Gasteiger partial charge in [0.2, 0.25) is 0 Å². The molecule has 0 amide bonds. The van der Waals surface area contributed by atoms with Crippen LogP contribution >= 0.6 is 0 Å². The minimum absolute atomic E-state index is 0.381. The minimum atomic E-state index is -0.381. The molecule has 1 nitrogen and oxygen atoms in total. The van der Waals surface area contributed by atoms with Crippen molar-refractivity contribution in [1.29, 1.82) is 0 Å². The van der Waals surface area contributed by atoms with E-state index < -0.39 is 0 Å². The smallest absolute Gasteiger partial charge is 0.0675 e. The van der Waals surface area contributed by atoms with E-state index in [1.54, 1.807) is 0 Å². The van der Waals surface area contributed by atoms with E-state index in [9.17, 15) is 5.11 Å². The molecule has 0 radical (unpaired) electrons. The summed E-state index contributed by atoms with van der Waals surface area (Å²) >= 11 is 0. The minimum Gasteiger partial charge on any atom is -0.390 e. The van der Waals surface area contributed by atoms with Crippen LogP contribution in [0.3, 0.4) is 0 Å². The molecule has 0 rings (SSSR count). The van der Waals surface area contributed by atoms with Gasteiger partial charge in [-0.1, -0.05) is 66.2 Å². The molecule has 0 unspecified atom stereocenters. The molecular weight excluding hydrogens is 208 g/mol. The highest BCUT2D eigenvalue weighted by Crippen LogP contribution is 2.35. The summed E-state index contributed by atoms with van der Waals surface area (Å²) in [6, 6.07) is 0. The van der Waals surface area contributed by atoms with Crippen LogP contribution in [-0.4, -0.2) is 10.7 Å². The largest absolute Gasteiger partial charge is 0.390 e. The van der Waals surface area contributed by atoms with Crippen LogP contribution in [0.25, 0.3) is 0 Å². The lowest BCUT2D eigenvalue weighted by atomic mass is 9.75. The van der Waals surface area contributed by atoms with E-state index in [2.05, 4.69) is 27.7 Å². The van der Waals surface area contributed by atoms with Crippen molar-refractivity contribution in [2.24, 2.45) is 5.92 Å². The zero-order valence-corrected chi connectivity index (χ0v) is 12.6. The highest BCUT2D eigenvalue weighted by atomic mass is 16.3. The van der Waals surface area contributed by atoms with Gasteiger partial charge in [-0.15, -0.1) is 0 Å². The average molecular weight is 242 g/mol. The molecule has 1 heteroatoms. The Hall–Kier alpha value is -0.0400. The Morgan fingerprint density at radius 2 is 1.18 bits per heavy atom. The molecule has 0 aliphatic rings. The molecule has 0 spiro atoms. The van der Waals surface area contributed by atoms with E-state index in [1.807, 2.05) is 0 Å². The zero-order chi connectivity index (χ0) is 13.1. The predicted molar refractivity (Wildman–Crippen MR) is 77.3 cm³/mol. The molecule has 17 heavy (non-hydrogen) atoms. The van der Waals surface area contributed by atoms with Crippen LogP contribution in [0.5, 0.6) is 0 Å². The normalized spacial score (nSPS) is 12.4. The first-order valence-electron chi connectivity index (χ1n) is 7.86. The van der Waals surface area contributed by atoms with Gasteiger partial charge < -0.3 is 5.11 Å². The van der Waals surface area contributed by atoms with Crippen LogP contribution in [0.1, 0.15) is 91.9 Å². The van der Waals surface area contributed by atoms with Gasteiger partial charge in [-0.05, 0) is 31.6 Å². The fourth-order valence-electron chi connectivity index (χ4n) is 2.98.